The number of furan rings is 1. The molecule has 0 aliphatic rings. The van der Waals surface area contributed by atoms with Crippen molar-refractivity contribution in [3.63, 3.8) is 0 Å². The van der Waals surface area contributed by atoms with Crippen molar-refractivity contribution in [1.29, 1.82) is 0 Å². The minimum atomic E-state index is -0.841. The molecule has 0 aromatic carbocycles. The van der Waals surface area contributed by atoms with E-state index in [9.17, 15) is 9.90 Å². The lowest BCUT2D eigenvalue weighted by Crippen LogP contribution is -2.41. The number of amides is 1. The van der Waals surface area contributed by atoms with Gasteiger partial charge < -0.3 is 14.8 Å². The monoisotopic (exact) mass is 296 g/mol. The van der Waals surface area contributed by atoms with E-state index >= 15 is 0 Å². The molecule has 0 saturated carbocycles. The predicted molar refractivity (Wildman–Crippen MR) is 83.2 cm³/mol. The first kappa shape index (κ1) is 17.7. The topological polar surface area (TPSA) is 65.7 Å². The summed E-state index contributed by atoms with van der Waals surface area (Å²) in [6.07, 6.45) is 1.21. The van der Waals surface area contributed by atoms with Gasteiger partial charge in [-0.25, -0.2) is 0 Å². The first-order valence-corrected chi connectivity index (χ1v) is 7.79. The molecule has 1 aromatic rings. The van der Waals surface area contributed by atoms with E-state index in [-0.39, 0.29) is 12.5 Å². The number of nitrogens with one attached hydrogen (secondary N) is 1. The third kappa shape index (κ3) is 5.17. The smallest absolute Gasteiger partial charge is 0.287 e. The van der Waals surface area contributed by atoms with E-state index in [1.807, 2.05) is 19.9 Å². The van der Waals surface area contributed by atoms with Crippen molar-refractivity contribution in [3.8, 4) is 0 Å². The summed E-state index contributed by atoms with van der Waals surface area (Å²) in [6.45, 7) is 10.8. The van der Waals surface area contributed by atoms with E-state index in [4.69, 9.17) is 4.42 Å². The van der Waals surface area contributed by atoms with E-state index in [1.54, 1.807) is 6.07 Å². The highest BCUT2D eigenvalue weighted by molar-refractivity contribution is 5.91. The van der Waals surface area contributed by atoms with Crippen molar-refractivity contribution in [2.24, 2.45) is 0 Å². The quantitative estimate of drug-likeness (QED) is 0.734. The third-order valence-corrected chi connectivity index (χ3v) is 4.05. The Morgan fingerprint density at radius 1 is 1.24 bits per heavy atom. The lowest BCUT2D eigenvalue weighted by molar-refractivity contribution is 0.0309. The van der Waals surface area contributed by atoms with Crippen LogP contribution in [0.2, 0.25) is 0 Å². The number of carbonyl (C=O) groups excluding carboxylic acids is 1. The van der Waals surface area contributed by atoms with Crippen molar-refractivity contribution >= 4 is 5.91 Å². The van der Waals surface area contributed by atoms with Crippen LogP contribution in [-0.2, 0) is 6.54 Å². The molecule has 0 bridgehead atoms. The maximum atomic E-state index is 12.0. The van der Waals surface area contributed by atoms with Crippen LogP contribution in [0.15, 0.2) is 16.5 Å². The average Bonchev–Trinajstić information content (AvgIpc) is 2.98. The Bertz CT molecular complexity index is 434. The Balaban J connectivity index is 2.58. The molecule has 21 heavy (non-hydrogen) atoms. The summed E-state index contributed by atoms with van der Waals surface area (Å²) >= 11 is 0. The summed E-state index contributed by atoms with van der Waals surface area (Å²) in [5.41, 5.74) is -0.841. The molecular weight excluding hydrogens is 268 g/mol. The molecule has 5 heteroatoms. The maximum absolute atomic E-state index is 12.0. The van der Waals surface area contributed by atoms with Gasteiger partial charge in [-0.1, -0.05) is 27.7 Å². The molecule has 1 rings (SSSR count). The summed E-state index contributed by atoms with van der Waals surface area (Å²) in [5.74, 6) is 0.804. The molecule has 1 heterocycles. The Morgan fingerprint density at radius 2 is 1.86 bits per heavy atom. The molecule has 1 aromatic heterocycles. The Kier molecular flexibility index (Phi) is 6.92. The zero-order chi connectivity index (χ0) is 15.9. The molecule has 120 valence electrons. The number of hydrogen-bond acceptors (Lipinski definition) is 4. The van der Waals surface area contributed by atoms with Gasteiger partial charge in [-0.2, -0.15) is 0 Å². The highest BCUT2D eigenvalue weighted by Crippen LogP contribution is 2.14. The summed E-state index contributed by atoms with van der Waals surface area (Å²) in [4.78, 5) is 14.2. The van der Waals surface area contributed by atoms with Crippen LogP contribution < -0.4 is 5.32 Å². The van der Waals surface area contributed by atoms with E-state index in [2.05, 4.69) is 24.1 Å². The third-order valence-electron chi connectivity index (χ3n) is 4.05. The van der Waals surface area contributed by atoms with Crippen molar-refractivity contribution in [1.82, 2.24) is 10.2 Å². The summed E-state index contributed by atoms with van der Waals surface area (Å²) in [5, 5.41) is 12.9. The molecule has 0 aliphatic heterocycles. The van der Waals surface area contributed by atoms with E-state index in [0.717, 1.165) is 18.8 Å². The van der Waals surface area contributed by atoms with Gasteiger partial charge in [0.15, 0.2) is 5.76 Å². The van der Waals surface area contributed by atoms with Gasteiger partial charge in [0.25, 0.3) is 5.91 Å². The summed E-state index contributed by atoms with van der Waals surface area (Å²) < 4.78 is 5.58. The second-order valence-corrected chi connectivity index (χ2v) is 5.34. The molecule has 0 saturated heterocycles. The van der Waals surface area contributed by atoms with Crippen molar-refractivity contribution in [2.45, 2.75) is 52.7 Å². The van der Waals surface area contributed by atoms with Gasteiger partial charge in [-0.3, -0.25) is 9.69 Å². The fourth-order valence-corrected chi connectivity index (χ4v) is 2.08. The van der Waals surface area contributed by atoms with Crippen LogP contribution in [0, 0.1) is 0 Å². The average molecular weight is 296 g/mol. The highest BCUT2D eigenvalue weighted by Gasteiger charge is 2.23. The fourth-order valence-electron chi connectivity index (χ4n) is 2.08. The molecule has 1 amide bonds. The first-order valence-electron chi connectivity index (χ1n) is 7.79. The molecule has 0 aliphatic carbocycles. The molecule has 0 unspecified atom stereocenters. The number of carbonyl (C=O) groups is 1. The Labute approximate surface area is 127 Å². The van der Waals surface area contributed by atoms with Gasteiger partial charge >= 0.3 is 0 Å². The lowest BCUT2D eigenvalue weighted by atomic mass is 9.97. The second-order valence-electron chi connectivity index (χ2n) is 5.34. The maximum Gasteiger partial charge on any atom is 0.287 e. The zero-order valence-corrected chi connectivity index (χ0v) is 13.6. The molecule has 0 spiro atoms. The van der Waals surface area contributed by atoms with E-state index in [1.165, 1.54) is 0 Å². The van der Waals surface area contributed by atoms with Crippen molar-refractivity contribution < 1.29 is 14.3 Å². The molecule has 2 N–H and O–H groups in total. The van der Waals surface area contributed by atoms with Gasteiger partial charge in [0, 0.05) is 6.54 Å². The minimum absolute atomic E-state index is 0.241. The zero-order valence-electron chi connectivity index (χ0n) is 13.6. The van der Waals surface area contributed by atoms with Crippen LogP contribution in [0.25, 0.3) is 0 Å². The normalized spacial score (nSPS) is 11.9. The standard InChI is InChI=1S/C16H28N2O3/c1-5-16(20,6-2)12-17-15(19)14-10-9-13(21-14)11-18(7-3)8-4/h9-10,20H,5-8,11-12H2,1-4H3,(H,17,19). The number of hydrogen-bond donors (Lipinski definition) is 2. The molecule has 0 atom stereocenters. The van der Waals surface area contributed by atoms with Crippen molar-refractivity contribution in [3.05, 3.63) is 23.7 Å². The number of aliphatic hydroxyl groups is 1. The fraction of sp³-hybridized carbons (Fsp3) is 0.688. The Hall–Kier alpha value is -1.33. The van der Waals surface area contributed by atoms with Crippen LogP contribution in [0.3, 0.4) is 0 Å². The van der Waals surface area contributed by atoms with Gasteiger partial charge in [-0.05, 0) is 38.1 Å². The van der Waals surface area contributed by atoms with Crippen LogP contribution >= 0.6 is 0 Å². The minimum Gasteiger partial charge on any atom is -0.455 e. The van der Waals surface area contributed by atoms with Gasteiger partial charge in [0.2, 0.25) is 0 Å². The van der Waals surface area contributed by atoms with E-state index < -0.39 is 5.60 Å². The molecular formula is C16H28N2O3. The predicted octanol–water partition coefficient (Wildman–Crippen LogP) is 2.40. The van der Waals surface area contributed by atoms with Gasteiger partial charge in [0.05, 0.1) is 12.1 Å². The van der Waals surface area contributed by atoms with Crippen LogP contribution in [0.1, 0.15) is 56.9 Å². The molecule has 5 nitrogen and oxygen atoms in total. The van der Waals surface area contributed by atoms with E-state index in [0.29, 0.717) is 25.1 Å². The van der Waals surface area contributed by atoms with Gasteiger partial charge in [-0.15, -0.1) is 0 Å². The largest absolute Gasteiger partial charge is 0.455 e. The van der Waals surface area contributed by atoms with Crippen LogP contribution in [0.4, 0.5) is 0 Å². The van der Waals surface area contributed by atoms with Crippen molar-refractivity contribution in [2.75, 3.05) is 19.6 Å². The number of nitrogens with zero attached hydrogens (tertiary/aromatic N) is 1. The van der Waals surface area contributed by atoms with Crippen LogP contribution in [-0.4, -0.2) is 41.1 Å². The highest BCUT2D eigenvalue weighted by atomic mass is 16.4. The first-order chi connectivity index (χ1) is 9.97. The summed E-state index contributed by atoms with van der Waals surface area (Å²) in [6, 6.07) is 3.52. The van der Waals surface area contributed by atoms with Crippen LogP contribution in [0.5, 0.6) is 0 Å². The molecule has 0 fully saturated rings. The molecule has 0 radical (unpaired) electrons. The Morgan fingerprint density at radius 3 is 2.38 bits per heavy atom. The van der Waals surface area contributed by atoms with Gasteiger partial charge in [0.1, 0.15) is 5.76 Å². The number of rotatable bonds is 9. The summed E-state index contributed by atoms with van der Waals surface area (Å²) in [7, 11) is 0. The SMILES string of the molecule is CCN(CC)Cc1ccc(C(=O)NCC(O)(CC)CC)o1. The lowest BCUT2D eigenvalue weighted by Gasteiger charge is -2.25. The second kappa shape index (κ2) is 8.20.